The molecule has 2 rings (SSSR count). The van der Waals surface area contributed by atoms with Crippen molar-refractivity contribution < 1.29 is 13.9 Å². The summed E-state index contributed by atoms with van der Waals surface area (Å²) < 4.78 is 18.7. The number of alkyl carbamates (subject to hydrolysis) is 1. The number of hydrogen-bond acceptors (Lipinski definition) is 2. The van der Waals surface area contributed by atoms with E-state index < -0.39 is 17.2 Å². The Morgan fingerprint density at radius 3 is 2.42 bits per heavy atom. The molecular formula is C15H20FNO2. The number of aryl methyl sites for hydroxylation is 1. The molecule has 1 aliphatic rings. The molecule has 1 aromatic rings. The summed E-state index contributed by atoms with van der Waals surface area (Å²) in [7, 11) is 0. The standard InChI is InChI=1S/C15H20FNO2/c1-10-7-11(9-12(16)8-10)15(5-6-15)17-13(18)19-14(2,3)4/h7-9H,5-6H2,1-4H3,(H,17,18). The second-order valence-electron chi connectivity index (χ2n) is 6.23. The monoisotopic (exact) mass is 265 g/mol. The van der Waals surface area contributed by atoms with Crippen LogP contribution in [0.2, 0.25) is 0 Å². The highest BCUT2D eigenvalue weighted by molar-refractivity contribution is 5.70. The minimum absolute atomic E-state index is 0.271. The molecular weight excluding hydrogens is 245 g/mol. The van der Waals surface area contributed by atoms with Gasteiger partial charge in [-0.25, -0.2) is 9.18 Å². The lowest BCUT2D eigenvalue weighted by Gasteiger charge is -2.24. The molecule has 0 aliphatic heterocycles. The molecule has 0 bridgehead atoms. The van der Waals surface area contributed by atoms with Crippen molar-refractivity contribution in [3.05, 3.63) is 35.1 Å². The van der Waals surface area contributed by atoms with Crippen molar-refractivity contribution in [1.82, 2.24) is 5.32 Å². The van der Waals surface area contributed by atoms with Gasteiger partial charge in [0, 0.05) is 0 Å². The van der Waals surface area contributed by atoms with Gasteiger partial charge < -0.3 is 10.1 Å². The van der Waals surface area contributed by atoms with E-state index in [1.807, 2.05) is 33.8 Å². The Bertz CT molecular complexity index is 481. The van der Waals surface area contributed by atoms with Crippen molar-refractivity contribution in [2.75, 3.05) is 0 Å². The Labute approximate surface area is 113 Å². The molecule has 0 spiro atoms. The predicted octanol–water partition coefficient (Wildman–Crippen LogP) is 3.65. The molecule has 1 N–H and O–H groups in total. The van der Waals surface area contributed by atoms with Gasteiger partial charge in [-0.1, -0.05) is 6.07 Å². The Balaban J connectivity index is 2.13. The number of carbonyl (C=O) groups excluding carboxylic acids is 1. The number of hydrogen-bond donors (Lipinski definition) is 1. The third kappa shape index (κ3) is 3.46. The predicted molar refractivity (Wildman–Crippen MR) is 71.4 cm³/mol. The summed E-state index contributed by atoms with van der Waals surface area (Å²) in [4.78, 5) is 11.8. The lowest BCUT2D eigenvalue weighted by Crippen LogP contribution is -2.39. The normalized spacial score (nSPS) is 16.9. The Morgan fingerprint density at radius 2 is 1.95 bits per heavy atom. The van der Waals surface area contributed by atoms with Gasteiger partial charge in [-0.2, -0.15) is 0 Å². The summed E-state index contributed by atoms with van der Waals surface area (Å²) in [6.07, 6.45) is 1.18. The molecule has 1 aliphatic carbocycles. The maximum absolute atomic E-state index is 13.5. The third-order valence-electron chi connectivity index (χ3n) is 3.08. The maximum Gasteiger partial charge on any atom is 0.408 e. The van der Waals surface area contributed by atoms with Crippen LogP contribution < -0.4 is 5.32 Å². The van der Waals surface area contributed by atoms with E-state index in [0.29, 0.717) is 0 Å². The molecule has 0 radical (unpaired) electrons. The fraction of sp³-hybridized carbons (Fsp3) is 0.533. The van der Waals surface area contributed by atoms with Crippen molar-refractivity contribution >= 4 is 6.09 Å². The number of ether oxygens (including phenoxy) is 1. The van der Waals surface area contributed by atoms with Gasteiger partial charge in [0.15, 0.2) is 0 Å². The Kier molecular flexibility index (Phi) is 3.29. The van der Waals surface area contributed by atoms with E-state index in [4.69, 9.17) is 4.74 Å². The van der Waals surface area contributed by atoms with E-state index >= 15 is 0 Å². The zero-order chi connectivity index (χ0) is 14.3. The van der Waals surface area contributed by atoms with Gasteiger partial charge in [-0.05, 0) is 63.8 Å². The van der Waals surface area contributed by atoms with Gasteiger partial charge in [0.1, 0.15) is 11.4 Å². The molecule has 0 atom stereocenters. The summed E-state index contributed by atoms with van der Waals surface area (Å²) in [6.45, 7) is 7.30. The first-order chi connectivity index (χ1) is 8.70. The smallest absolute Gasteiger partial charge is 0.408 e. The molecule has 1 saturated carbocycles. The van der Waals surface area contributed by atoms with Crippen LogP contribution in [-0.2, 0) is 10.3 Å². The van der Waals surface area contributed by atoms with E-state index in [0.717, 1.165) is 24.0 Å². The summed E-state index contributed by atoms with van der Waals surface area (Å²) in [5.74, 6) is -0.271. The Hall–Kier alpha value is -1.58. The van der Waals surface area contributed by atoms with Crippen molar-refractivity contribution in [3.63, 3.8) is 0 Å². The van der Waals surface area contributed by atoms with E-state index in [9.17, 15) is 9.18 Å². The van der Waals surface area contributed by atoms with Gasteiger partial charge in [-0.3, -0.25) is 0 Å². The molecule has 0 aromatic heterocycles. The van der Waals surface area contributed by atoms with Crippen LogP contribution in [0.15, 0.2) is 18.2 Å². The summed E-state index contributed by atoms with van der Waals surface area (Å²) >= 11 is 0. The summed E-state index contributed by atoms with van der Waals surface area (Å²) in [5, 5.41) is 2.87. The fourth-order valence-electron chi connectivity index (χ4n) is 2.12. The molecule has 0 saturated heterocycles. The largest absolute Gasteiger partial charge is 0.444 e. The average Bonchev–Trinajstić information content (AvgIpc) is 2.93. The molecule has 104 valence electrons. The van der Waals surface area contributed by atoms with Crippen LogP contribution in [0.1, 0.15) is 44.7 Å². The zero-order valence-corrected chi connectivity index (χ0v) is 11.8. The molecule has 1 amide bonds. The van der Waals surface area contributed by atoms with Crippen LogP contribution >= 0.6 is 0 Å². The first-order valence-corrected chi connectivity index (χ1v) is 6.49. The van der Waals surface area contributed by atoms with Crippen molar-refractivity contribution in [2.24, 2.45) is 0 Å². The minimum Gasteiger partial charge on any atom is -0.444 e. The van der Waals surface area contributed by atoms with Crippen LogP contribution in [0.3, 0.4) is 0 Å². The van der Waals surface area contributed by atoms with Gasteiger partial charge in [0.25, 0.3) is 0 Å². The highest BCUT2D eigenvalue weighted by Gasteiger charge is 2.46. The van der Waals surface area contributed by atoms with Crippen molar-refractivity contribution in [3.8, 4) is 0 Å². The maximum atomic E-state index is 13.5. The topological polar surface area (TPSA) is 38.3 Å². The zero-order valence-electron chi connectivity index (χ0n) is 11.8. The van der Waals surface area contributed by atoms with Gasteiger partial charge >= 0.3 is 6.09 Å². The van der Waals surface area contributed by atoms with E-state index in [1.54, 1.807) is 0 Å². The fourth-order valence-corrected chi connectivity index (χ4v) is 2.12. The van der Waals surface area contributed by atoms with Gasteiger partial charge in [-0.15, -0.1) is 0 Å². The van der Waals surface area contributed by atoms with Gasteiger partial charge in [0.2, 0.25) is 0 Å². The molecule has 19 heavy (non-hydrogen) atoms. The van der Waals surface area contributed by atoms with Crippen LogP contribution in [0.4, 0.5) is 9.18 Å². The third-order valence-corrected chi connectivity index (χ3v) is 3.08. The van der Waals surface area contributed by atoms with Gasteiger partial charge in [0.05, 0.1) is 5.54 Å². The number of benzene rings is 1. The number of carbonyl (C=O) groups is 1. The molecule has 4 heteroatoms. The highest BCUT2D eigenvalue weighted by atomic mass is 19.1. The second-order valence-corrected chi connectivity index (χ2v) is 6.23. The molecule has 3 nitrogen and oxygen atoms in total. The highest BCUT2D eigenvalue weighted by Crippen LogP contribution is 2.46. The summed E-state index contributed by atoms with van der Waals surface area (Å²) in [6, 6.07) is 4.87. The van der Waals surface area contributed by atoms with Crippen LogP contribution in [0, 0.1) is 12.7 Å². The quantitative estimate of drug-likeness (QED) is 0.886. The number of nitrogens with one attached hydrogen (secondary N) is 1. The number of rotatable bonds is 2. The first kappa shape index (κ1) is 13.8. The van der Waals surface area contributed by atoms with Crippen LogP contribution in [-0.4, -0.2) is 11.7 Å². The lowest BCUT2D eigenvalue weighted by atomic mass is 10.0. The van der Waals surface area contributed by atoms with E-state index in [-0.39, 0.29) is 5.82 Å². The van der Waals surface area contributed by atoms with Crippen molar-refractivity contribution in [2.45, 2.75) is 51.7 Å². The van der Waals surface area contributed by atoms with Crippen LogP contribution in [0.25, 0.3) is 0 Å². The number of halogens is 1. The second kappa shape index (κ2) is 4.51. The Morgan fingerprint density at radius 1 is 1.32 bits per heavy atom. The minimum atomic E-state index is -0.530. The first-order valence-electron chi connectivity index (χ1n) is 6.49. The SMILES string of the molecule is Cc1cc(F)cc(C2(NC(=O)OC(C)(C)C)CC2)c1. The lowest BCUT2D eigenvalue weighted by molar-refractivity contribution is 0.0495. The van der Waals surface area contributed by atoms with E-state index in [2.05, 4.69) is 5.32 Å². The average molecular weight is 265 g/mol. The summed E-state index contributed by atoms with van der Waals surface area (Å²) in [5.41, 5.74) is 0.691. The van der Waals surface area contributed by atoms with E-state index in [1.165, 1.54) is 12.1 Å². The molecule has 1 fully saturated rings. The number of amides is 1. The van der Waals surface area contributed by atoms with Crippen molar-refractivity contribution in [1.29, 1.82) is 0 Å². The molecule has 0 unspecified atom stereocenters. The molecule has 1 aromatic carbocycles. The van der Waals surface area contributed by atoms with Crippen LogP contribution in [0.5, 0.6) is 0 Å². The molecule has 0 heterocycles.